The standard InChI is InChI=1S/C20H30FN5/c1-3-22-20(25-12-15-8-10-26(4-2)14-15)23-9-7-16-13-24-19-6-5-17(21)11-18(16)19/h5-6,11,13,15,24H,3-4,7-10,12,14H2,1-2H3,(H2,22,23,25). The fraction of sp³-hybridized carbons (Fsp3) is 0.550. The van der Waals surface area contributed by atoms with Crippen LogP contribution in [0, 0.1) is 11.7 Å². The Morgan fingerprint density at radius 3 is 3.00 bits per heavy atom. The molecule has 1 saturated heterocycles. The van der Waals surface area contributed by atoms with Gasteiger partial charge in [0.05, 0.1) is 0 Å². The lowest BCUT2D eigenvalue weighted by Crippen LogP contribution is -2.38. The van der Waals surface area contributed by atoms with Crippen LogP contribution in [0.3, 0.4) is 0 Å². The van der Waals surface area contributed by atoms with Crippen LogP contribution < -0.4 is 10.6 Å². The maximum atomic E-state index is 13.5. The molecule has 142 valence electrons. The van der Waals surface area contributed by atoms with Crippen molar-refractivity contribution in [1.29, 1.82) is 0 Å². The Morgan fingerprint density at radius 1 is 1.35 bits per heavy atom. The van der Waals surface area contributed by atoms with E-state index in [1.165, 1.54) is 19.0 Å². The number of benzene rings is 1. The highest BCUT2D eigenvalue weighted by atomic mass is 19.1. The molecule has 1 aromatic carbocycles. The Hall–Kier alpha value is -2.08. The highest BCUT2D eigenvalue weighted by molar-refractivity contribution is 5.83. The molecule has 0 spiro atoms. The Bertz CT molecular complexity index is 739. The van der Waals surface area contributed by atoms with E-state index in [4.69, 9.17) is 4.99 Å². The number of H-pyrrole nitrogens is 1. The molecule has 1 aliphatic heterocycles. The SMILES string of the molecule is CCNC(=NCC1CCN(CC)C1)NCCc1c[nH]c2ccc(F)cc12. The van der Waals surface area contributed by atoms with Gasteiger partial charge in [0.25, 0.3) is 0 Å². The molecular weight excluding hydrogens is 329 g/mol. The number of rotatable bonds is 7. The average molecular weight is 359 g/mol. The Morgan fingerprint density at radius 2 is 2.23 bits per heavy atom. The van der Waals surface area contributed by atoms with Crippen molar-refractivity contribution in [2.24, 2.45) is 10.9 Å². The molecular formula is C20H30FN5. The number of aromatic amines is 1. The number of guanidine groups is 1. The van der Waals surface area contributed by atoms with Crippen LogP contribution in [0.15, 0.2) is 29.4 Å². The second-order valence-electron chi connectivity index (χ2n) is 6.95. The van der Waals surface area contributed by atoms with Gasteiger partial charge in [0.15, 0.2) is 5.96 Å². The van der Waals surface area contributed by atoms with E-state index in [-0.39, 0.29) is 5.82 Å². The van der Waals surface area contributed by atoms with Crippen LogP contribution in [0.5, 0.6) is 0 Å². The average Bonchev–Trinajstić information content (AvgIpc) is 3.26. The van der Waals surface area contributed by atoms with Crippen molar-refractivity contribution in [3.05, 3.63) is 35.8 Å². The Labute approximate surface area is 155 Å². The van der Waals surface area contributed by atoms with Crippen LogP contribution in [0.2, 0.25) is 0 Å². The van der Waals surface area contributed by atoms with Crippen LogP contribution in [0.1, 0.15) is 25.8 Å². The van der Waals surface area contributed by atoms with E-state index in [0.29, 0.717) is 5.92 Å². The van der Waals surface area contributed by atoms with Crippen LogP contribution in [0.4, 0.5) is 4.39 Å². The molecule has 0 radical (unpaired) electrons. The largest absolute Gasteiger partial charge is 0.361 e. The minimum Gasteiger partial charge on any atom is -0.361 e. The lowest BCUT2D eigenvalue weighted by Gasteiger charge is -2.14. The molecule has 1 aromatic heterocycles. The van der Waals surface area contributed by atoms with Crippen molar-refractivity contribution in [3.8, 4) is 0 Å². The molecule has 0 saturated carbocycles. The topological polar surface area (TPSA) is 55.5 Å². The van der Waals surface area contributed by atoms with Crippen molar-refractivity contribution in [3.63, 3.8) is 0 Å². The van der Waals surface area contributed by atoms with E-state index < -0.39 is 0 Å². The summed E-state index contributed by atoms with van der Waals surface area (Å²) >= 11 is 0. The third-order valence-electron chi connectivity index (χ3n) is 5.09. The molecule has 5 nitrogen and oxygen atoms in total. The highest BCUT2D eigenvalue weighted by Gasteiger charge is 2.20. The van der Waals surface area contributed by atoms with Gasteiger partial charge in [-0.3, -0.25) is 4.99 Å². The molecule has 2 aromatic rings. The van der Waals surface area contributed by atoms with E-state index in [2.05, 4.69) is 34.4 Å². The lowest BCUT2D eigenvalue weighted by molar-refractivity contribution is 0.343. The van der Waals surface area contributed by atoms with Gasteiger partial charge in [-0.05, 0) is 62.5 Å². The van der Waals surface area contributed by atoms with Gasteiger partial charge >= 0.3 is 0 Å². The van der Waals surface area contributed by atoms with Crippen LogP contribution in [-0.4, -0.2) is 55.1 Å². The molecule has 3 N–H and O–H groups in total. The zero-order chi connectivity index (χ0) is 18.4. The Balaban J connectivity index is 1.53. The van der Waals surface area contributed by atoms with Gasteiger partial charge in [0.1, 0.15) is 5.82 Å². The molecule has 0 bridgehead atoms. The van der Waals surface area contributed by atoms with Crippen molar-refractivity contribution >= 4 is 16.9 Å². The van der Waals surface area contributed by atoms with Crippen molar-refractivity contribution in [1.82, 2.24) is 20.5 Å². The maximum Gasteiger partial charge on any atom is 0.191 e. The first-order valence-electron chi connectivity index (χ1n) is 9.69. The molecule has 1 fully saturated rings. The van der Waals surface area contributed by atoms with Gasteiger partial charge < -0.3 is 20.5 Å². The molecule has 1 aliphatic rings. The van der Waals surface area contributed by atoms with E-state index in [0.717, 1.165) is 61.6 Å². The first kappa shape index (κ1) is 18.7. The normalized spacial score (nSPS) is 18.6. The smallest absolute Gasteiger partial charge is 0.191 e. The summed E-state index contributed by atoms with van der Waals surface area (Å²) in [4.78, 5) is 10.4. The molecule has 26 heavy (non-hydrogen) atoms. The summed E-state index contributed by atoms with van der Waals surface area (Å²) in [6, 6.07) is 4.87. The van der Waals surface area contributed by atoms with Gasteiger partial charge in [-0.1, -0.05) is 6.92 Å². The van der Waals surface area contributed by atoms with Gasteiger partial charge in [-0.2, -0.15) is 0 Å². The van der Waals surface area contributed by atoms with Crippen molar-refractivity contribution in [2.75, 3.05) is 39.3 Å². The van der Waals surface area contributed by atoms with Crippen molar-refractivity contribution < 1.29 is 4.39 Å². The van der Waals surface area contributed by atoms with Gasteiger partial charge in [0.2, 0.25) is 0 Å². The zero-order valence-corrected chi connectivity index (χ0v) is 15.8. The van der Waals surface area contributed by atoms with E-state index in [1.807, 2.05) is 6.20 Å². The van der Waals surface area contributed by atoms with Gasteiger partial charge in [-0.15, -0.1) is 0 Å². The molecule has 6 heteroatoms. The fourth-order valence-corrected chi connectivity index (χ4v) is 3.58. The van der Waals surface area contributed by atoms with Gasteiger partial charge in [0, 0.05) is 43.3 Å². The van der Waals surface area contributed by atoms with Gasteiger partial charge in [-0.25, -0.2) is 4.39 Å². The number of halogens is 1. The summed E-state index contributed by atoms with van der Waals surface area (Å²) in [5.41, 5.74) is 2.10. The maximum absolute atomic E-state index is 13.5. The first-order valence-corrected chi connectivity index (χ1v) is 9.69. The highest BCUT2D eigenvalue weighted by Crippen LogP contribution is 2.19. The summed E-state index contributed by atoms with van der Waals surface area (Å²) < 4.78 is 13.5. The Kier molecular flexibility index (Phi) is 6.50. The predicted octanol–water partition coefficient (Wildman–Crippen LogP) is 2.75. The van der Waals surface area contributed by atoms with Crippen LogP contribution in [0.25, 0.3) is 10.9 Å². The number of hydrogen-bond acceptors (Lipinski definition) is 2. The molecule has 0 amide bonds. The second kappa shape index (κ2) is 9.03. The summed E-state index contributed by atoms with van der Waals surface area (Å²) in [7, 11) is 0. The second-order valence-corrected chi connectivity index (χ2v) is 6.95. The number of fused-ring (bicyclic) bond motifs is 1. The molecule has 2 heterocycles. The minimum absolute atomic E-state index is 0.195. The summed E-state index contributed by atoms with van der Waals surface area (Å²) in [6.07, 6.45) is 4.02. The molecule has 1 unspecified atom stereocenters. The molecule has 3 rings (SSSR count). The number of aliphatic imine (C=N–C) groups is 1. The number of likely N-dealkylation sites (tertiary alicyclic amines) is 1. The number of nitrogens with one attached hydrogen (secondary N) is 3. The summed E-state index contributed by atoms with van der Waals surface area (Å²) in [5, 5.41) is 7.68. The molecule has 0 aliphatic carbocycles. The summed E-state index contributed by atoms with van der Waals surface area (Å²) in [5.74, 6) is 1.33. The van der Waals surface area contributed by atoms with Crippen LogP contribution >= 0.6 is 0 Å². The van der Waals surface area contributed by atoms with Crippen LogP contribution in [-0.2, 0) is 6.42 Å². The third-order valence-corrected chi connectivity index (χ3v) is 5.09. The van der Waals surface area contributed by atoms with E-state index >= 15 is 0 Å². The zero-order valence-electron chi connectivity index (χ0n) is 15.8. The third kappa shape index (κ3) is 4.75. The molecule has 1 atom stereocenters. The monoisotopic (exact) mass is 359 g/mol. The predicted molar refractivity (Wildman–Crippen MR) is 106 cm³/mol. The van der Waals surface area contributed by atoms with E-state index in [1.54, 1.807) is 12.1 Å². The minimum atomic E-state index is -0.195. The quantitative estimate of drug-likeness (QED) is 0.526. The fourth-order valence-electron chi connectivity index (χ4n) is 3.58. The number of nitrogens with zero attached hydrogens (tertiary/aromatic N) is 2. The first-order chi connectivity index (χ1) is 12.7. The lowest BCUT2D eigenvalue weighted by atomic mass is 10.1. The number of aromatic nitrogens is 1. The number of hydrogen-bond donors (Lipinski definition) is 3. The summed E-state index contributed by atoms with van der Waals surface area (Å²) in [6.45, 7) is 10.2. The van der Waals surface area contributed by atoms with Crippen molar-refractivity contribution in [2.45, 2.75) is 26.7 Å². The van der Waals surface area contributed by atoms with E-state index in [9.17, 15) is 4.39 Å².